The molecule has 0 saturated heterocycles. The number of thiophene rings is 1. The van der Waals surface area contributed by atoms with Crippen molar-refractivity contribution in [2.45, 2.75) is 20.9 Å². The summed E-state index contributed by atoms with van der Waals surface area (Å²) in [6.07, 6.45) is -0.0626. The van der Waals surface area contributed by atoms with Crippen LogP contribution in [-0.2, 0) is 24.6 Å². The Morgan fingerprint density at radius 3 is 2.71 bits per heavy atom. The monoisotopic (exact) mass is 297 g/mol. The van der Waals surface area contributed by atoms with Gasteiger partial charge in [0.25, 0.3) is 0 Å². The lowest BCUT2D eigenvalue weighted by Crippen LogP contribution is -2.18. The third kappa shape index (κ3) is 2.25. The molecule has 0 saturated carbocycles. The van der Waals surface area contributed by atoms with E-state index in [1.54, 1.807) is 0 Å². The standard InChI is InChI=1S/C8H11NO5S3/c1-14-6-2-3-16(10,11)8-5(6)4-7(15-8)17(9,12)13/h4,6H,2-3H2,1H3,(H2,9,12,13). The first-order chi connectivity index (χ1) is 7.75. The number of primary sulfonamides is 1. The molecule has 2 heterocycles. The molecule has 1 aliphatic rings. The van der Waals surface area contributed by atoms with Crippen LogP contribution < -0.4 is 5.14 Å². The van der Waals surface area contributed by atoms with Gasteiger partial charge in [-0.1, -0.05) is 0 Å². The van der Waals surface area contributed by atoms with Crippen molar-refractivity contribution in [2.75, 3.05) is 12.9 Å². The topological polar surface area (TPSA) is 104 Å². The summed E-state index contributed by atoms with van der Waals surface area (Å²) in [5.41, 5.74) is 0.396. The highest BCUT2D eigenvalue weighted by atomic mass is 32.3. The summed E-state index contributed by atoms with van der Waals surface area (Å²) in [6.45, 7) is 0. The Morgan fingerprint density at radius 1 is 1.53 bits per heavy atom. The van der Waals surface area contributed by atoms with Gasteiger partial charge in [0.1, 0.15) is 8.42 Å². The van der Waals surface area contributed by atoms with Crippen molar-refractivity contribution in [1.29, 1.82) is 0 Å². The van der Waals surface area contributed by atoms with Gasteiger partial charge in [-0.2, -0.15) is 0 Å². The van der Waals surface area contributed by atoms with Gasteiger partial charge in [0.05, 0.1) is 11.9 Å². The number of rotatable bonds is 2. The summed E-state index contributed by atoms with van der Waals surface area (Å²) < 4.78 is 51.1. The van der Waals surface area contributed by atoms with Crippen LogP contribution in [0.25, 0.3) is 0 Å². The van der Waals surface area contributed by atoms with Gasteiger partial charge in [-0.3, -0.25) is 0 Å². The van der Waals surface area contributed by atoms with Gasteiger partial charge in [0.15, 0.2) is 9.84 Å². The summed E-state index contributed by atoms with van der Waals surface area (Å²) in [4.78, 5) is 0. The zero-order valence-electron chi connectivity index (χ0n) is 8.91. The molecule has 96 valence electrons. The molecular weight excluding hydrogens is 286 g/mol. The van der Waals surface area contributed by atoms with E-state index in [2.05, 4.69) is 0 Å². The Bertz CT molecular complexity index is 643. The summed E-state index contributed by atoms with van der Waals surface area (Å²) in [6, 6.07) is 1.29. The maximum absolute atomic E-state index is 11.8. The highest BCUT2D eigenvalue weighted by Crippen LogP contribution is 2.40. The van der Waals surface area contributed by atoms with Crippen molar-refractivity contribution in [1.82, 2.24) is 0 Å². The van der Waals surface area contributed by atoms with Crippen molar-refractivity contribution >= 4 is 31.2 Å². The zero-order chi connectivity index (χ0) is 12.8. The van der Waals surface area contributed by atoms with E-state index in [0.29, 0.717) is 23.3 Å². The molecule has 1 aromatic heterocycles. The average Bonchev–Trinajstić information content (AvgIpc) is 2.63. The molecular formula is C8H11NO5S3. The van der Waals surface area contributed by atoms with Crippen molar-refractivity contribution in [3.63, 3.8) is 0 Å². The molecule has 0 aromatic carbocycles. The van der Waals surface area contributed by atoms with E-state index < -0.39 is 19.9 Å². The van der Waals surface area contributed by atoms with E-state index in [1.165, 1.54) is 13.2 Å². The molecule has 0 bridgehead atoms. The first kappa shape index (κ1) is 13.0. The minimum atomic E-state index is -3.88. The van der Waals surface area contributed by atoms with Crippen LogP contribution in [0.3, 0.4) is 0 Å². The summed E-state index contributed by atoms with van der Waals surface area (Å²) in [5, 5.41) is 4.99. The van der Waals surface area contributed by atoms with Gasteiger partial charge in [0.2, 0.25) is 10.0 Å². The number of nitrogens with two attached hydrogens (primary N) is 1. The van der Waals surface area contributed by atoms with Gasteiger partial charge in [-0.15, -0.1) is 11.3 Å². The number of fused-ring (bicyclic) bond motifs is 1. The molecule has 0 aliphatic carbocycles. The third-order valence-corrected chi connectivity index (χ3v) is 7.50. The number of sulfonamides is 1. The zero-order valence-corrected chi connectivity index (χ0v) is 11.4. The molecule has 1 unspecified atom stereocenters. The maximum Gasteiger partial charge on any atom is 0.247 e. The van der Waals surface area contributed by atoms with E-state index >= 15 is 0 Å². The van der Waals surface area contributed by atoms with E-state index in [1.807, 2.05) is 0 Å². The molecule has 1 aliphatic heterocycles. The van der Waals surface area contributed by atoms with E-state index in [9.17, 15) is 16.8 Å². The minimum Gasteiger partial charge on any atom is -0.377 e. The Balaban J connectivity index is 2.68. The van der Waals surface area contributed by atoms with Crippen molar-refractivity contribution < 1.29 is 21.6 Å². The Labute approximate surface area is 103 Å². The van der Waals surface area contributed by atoms with Gasteiger partial charge < -0.3 is 4.74 Å². The molecule has 1 aromatic rings. The van der Waals surface area contributed by atoms with Gasteiger partial charge >= 0.3 is 0 Å². The van der Waals surface area contributed by atoms with E-state index in [-0.39, 0.29) is 20.3 Å². The fourth-order valence-electron chi connectivity index (χ4n) is 1.73. The molecule has 1 atom stereocenters. The molecule has 0 amide bonds. The number of ether oxygens (including phenoxy) is 1. The van der Waals surface area contributed by atoms with Crippen LogP contribution in [0, 0.1) is 0 Å². The van der Waals surface area contributed by atoms with Crippen LogP contribution >= 0.6 is 11.3 Å². The largest absolute Gasteiger partial charge is 0.377 e. The predicted octanol–water partition coefficient (Wildman–Crippen LogP) is 0.260. The molecule has 0 spiro atoms. The molecule has 0 radical (unpaired) electrons. The number of sulfone groups is 1. The SMILES string of the molecule is COC1CCS(=O)(=O)c2sc(S(N)(=O)=O)cc21. The Morgan fingerprint density at radius 2 is 2.18 bits per heavy atom. The molecule has 2 rings (SSSR count). The van der Waals surface area contributed by atoms with Crippen LogP contribution in [-0.4, -0.2) is 29.7 Å². The van der Waals surface area contributed by atoms with E-state index in [4.69, 9.17) is 9.88 Å². The quantitative estimate of drug-likeness (QED) is 0.843. The number of hydrogen-bond acceptors (Lipinski definition) is 6. The summed E-state index contributed by atoms with van der Waals surface area (Å²) in [5.74, 6) is -0.0386. The van der Waals surface area contributed by atoms with Crippen molar-refractivity contribution in [3.05, 3.63) is 11.6 Å². The lowest BCUT2D eigenvalue weighted by atomic mass is 10.1. The fourth-order valence-corrected chi connectivity index (χ4v) is 5.86. The first-order valence-corrected chi connectivity index (χ1v) is 8.69. The second kappa shape index (κ2) is 4.02. The van der Waals surface area contributed by atoms with Gasteiger partial charge in [-0.25, -0.2) is 22.0 Å². The minimum absolute atomic E-state index is 0.0386. The second-order valence-corrected chi connectivity index (χ2v) is 8.83. The first-order valence-electron chi connectivity index (χ1n) is 4.68. The molecule has 0 fully saturated rings. The Kier molecular flexibility index (Phi) is 3.07. The van der Waals surface area contributed by atoms with E-state index in [0.717, 1.165) is 0 Å². The van der Waals surface area contributed by atoms with Crippen LogP contribution in [0.15, 0.2) is 14.5 Å². The second-order valence-electron chi connectivity index (χ2n) is 3.69. The smallest absolute Gasteiger partial charge is 0.247 e. The molecule has 9 heteroatoms. The Hall–Kier alpha value is -0.480. The molecule has 17 heavy (non-hydrogen) atoms. The predicted molar refractivity (Wildman–Crippen MR) is 62.1 cm³/mol. The summed E-state index contributed by atoms with van der Waals surface area (Å²) in [7, 11) is -5.83. The molecule has 6 nitrogen and oxygen atoms in total. The number of hydrogen-bond donors (Lipinski definition) is 1. The van der Waals surface area contributed by atoms with Crippen LogP contribution in [0.5, 0.6) is 0 Å². The fraction of sp³-hybridized carbons (Fsp3) is 0.500. The van der Waals surface area contributed by atoms with Gasteiger partial charge in [-0.05, 0) is 12.5 Å². The van der Waals surface area contributed by atoms with Crippen LogP contribution in [0.1, 0.15) is 18.1 Å². The van der Waals surface area contributed by atoms with Crippen LogP contribution in [0.2, 0.25) is 0 Å². The third-order valence-electron chi connectivity index (χ3n) is 2.55. The highest BCUT2D eigenvalue weighted by Gasteiger charge is 2.34. The van der Waals surface area contributed by atoms with Crippen LogP contribution in [0.4, 0.5) is 0 Å². The normalized spacial score (nSPS) is 23.3. The van der Waals surface area contributed by atoms with Gasteiger partial charge in [0, 0.05) is 12.7 Å². The van der Waals surface area contributed by atoms with Crippen molar-refractivity contribution in [3.8, 4) is 0 Å². The average molecular weight is 297 g/mol. The molecule has 2 N–H and O–H groups in total. The number of methoxy groups -OCH3 is 1. The maximum atomic E-state index is 11.8. The lowest BCUT2D eigenvalue weighted by Gasteiger charge is -2.20. The highest BCUT2D eigenvalue weighted by molar-refractivity contribution is 7.95. The summed E-state index contributed by atoms with van der Waals surface area (Å²) >= 11 is 0.687. The van der Waals surface area contributed by atoms with Crippen molar-refractivity contribution in [2.24, 2.45) is 5.14 Å². The lowest BCUT2D eigenvalue weighted by molar-refractivity contribution is 0.0970.